The van der Waals surface area contributed by atoms with Crippen LogP contribution < -0.4 is 0 Å². The summed E-state index contributed by atoms with van der Waals surface area (Å²) in [6.07, 6.45) is -4.90. The zero-order valence-corrected chi connectivity index (χ0v) is 11.3. The Balaban J connectivity index is 4.46. The third-order valence-electron chi connectivity index (χ3n) is 2.29. The maximum Gasteiger partial charge on any atom is 0.389 e. The normalized spacial score (nSPS) is 16.6. The maximum atomic E-state index is 12.2. The topological polar surface area (TPSA) is 9.23 Å². The predicted octanol–water partition coefficient (Wildman–Crippen LogP) is 4.21. The van der Waals surface area contributed by atoms with Crippen LogP contribution in [-0.4, -0.2) is 20.1 Å². The second kappa shape index (κ2) is 4.45. The Hall–Kier alpha value is -0.0331. The van der Waals surface area contributed by atoms with Crippen molar-refractivity contribution in [3.05, 3.63) is 0 Å². The fourth-order valence-corrected chi connectivity index (χ4v) is 3.26. The van der Waals surface area contributed by atoms with Crippen LogP contribution in [0.4, 0.5) is 13.2 Å². The van der Waals surface area contributed by atoms with Gasteiger partial charge in [0.25, 0.3) is 0 Å². The third-order valence-corrected chi connectivity index (χ3v) is 3.43. The average molecular weight is 242 g/mol. The second-order valence-corrected chi connectivity index (χ2v) is 9.97. The zero-order valence-electron chi connectivity index (χ0n) is 10.3. The van der Waals surface area contributed by atoms with Gasteiger partial charge in [-0.15, -0.1) is 0 Å². The van der Waals surface area contributed by atoms with E-state index in [1.807, 2.05) is 19.6 Å². The molecule has 0 bridgehead atoms. The van der Waals surface area contributed by atoms with E-state index in [4.69, 9.17) is 4.43 Å². The van der Waals surface area contributed by atoms with Crippen LogP contribution >= 0.6 is 0 Å². The Kier molecular flexibility index (Phi) is 4.44. The van der Waals surface area contributed by atoms with Gasteiger partial charge in [-0.05, 0) is 39.4 Å². The standard InChI is InChI=1S/C10H21F3OSi/c1-8(7-10(11,12)13)9(2,3)14-15(4,5)6/h8H,7H2,1-6H3. The molecule has 5 heteroatoms. The van der Waals surface area contributed by atoms with E-state index in [0.29, 0.717) is 0 Å². The van der Waals surface area contributed by atoms with Gasteiger partial charge in [0.2, 0.25) is 0 Å². The lowest BCUT2D eigenvalue weighted by atomic mass is 9.90. The van der Waals surface area contributed by atoms with Crippen molar-refractivity contribution in [2.75, 3.05) is 0 Å². The fraction of sp³-hybridized carbons (Fsp3) is 1.00. The van der Waals surface area contributed by atoms with Crippen molar-refractivity contribution in [1.82, 2.24) is 0 Å². The van der Waals surface area contributed by atoms with E-state index in [-0.39, 0.29) is 0 Å². The van der Waals surface area contributed by atoms with Crippen molar-refractivity contribution in [1.29, 1.82) is 0 Å². The maximum absolute atomic E-state index is 12.2. The van der Waals surface area contributed by atoms with Gasteiger partial charge in [-0.1, -0.05) is 6.92 Å². The minimum Gasteiger partial charge on any atom is -0.412 e. The SMILES string of the molecule is CC(CC(F)(F)F)C(C)(C)O[Si](C)(C)C. The molecule has 0 spiro atoms. The molecule has 0 aromatic heterocycles. The van der Waals surface area contributed by atoms with Gasteiger partial charge in [-0.2, -0.15) is 13.2 Å². The van der Waals surface area contributed by atoms with Gasteiger partial charge in [-0.25, -0.2) is 0 Å². The predicted molar refractivity (Wildman–Crippen MR) is 58.3 cm³/mol. The van der Waals surface area contributed by atoms with Gasteiger partial charge in [0, 0.05) is 6.42 Å². The van der Waals surface area contributed by atoms with Crippen molar-refractivity contribution < 1.29 is 17.6 Å². The number of alkyl halides is 3. The first kappa shape index (κ1) is 15.0. The molecule has 0 aromatic rings. The first-order valence-corrected chi connectivity index (χ1v) is 8.51. The van der Waals surface area contributed by atoms with Gasteiger partial charge in [0.1, 0.15) is 0 Å². The Morgan fingerprint density at radius 2 is 1.53 bits per heavy atom. The number of hydrogen-bond donors (Lipinski definition) is 0. The summed E-state index contributed by atoms with van der Waals surface area (Å²) in [6.45, 7) is 11.0. The molecular weight excluding hydrogens is 221 g/mol. The Morgan fingerprint density at radius 1 is 1.13 bits per heavy atom. The molecule has 0 amide bonds. The van der Waals surface area contributed by atoms with Crippen LogP contribution in [0.2, 0.25) is 19.6 Å². The summed E-state index contributed by atoms with van der Waals surface area (Å²) in [5, 5.41) is 0. The molecule has 1 unspecified atom stereocenters. The molecule has 0 radical (unpaired) electrons. The highest BCUT2D eigenvalue weighted by atomic mass is 28.4. The average Bonchev–Trinajstić information content (AvgIpc) is 1.75. The van der Waals surface area contributed by atoms with Crippen LogP contribution in [-0.2, 0) is 4.43 Å². The lowest BCUT2D eigenvalue weighted by Gasteiger charge is -2.38. The van der Waals surface area contributed by atoms with Crippen molar-refractivity contribution in [3.63, 3.8) is 0 Å². The minimum atomic E-state index is -4.11. The van der Waals surface area contributed by atoms with E-state index in [9.17, 15) is 13.2 Å². The molecule has 0 aliphatic carbocycles. The van der Waals surface area contributed by atoms with Gasteiger partial charge in [0.15, 0.2) is 8.32 Å². The van der Waals surface area contributed by atoms with E-state index >= 15 is 0 Å². The Bertz CT molecular complexity index is 206. The van der Waals surface area contributed by atoms with Gasteiger partial charge >= 0.3 is 6.18 Å². The molecule has 1 nitrogen and oxygen atoms in total. The summed E-state index contributed by atoms with van der Waals surface area (Å²) in [4.78, 5) is 0. The van der Waals surface area contributed by atoms with E-state index in [0.717, 1.165) is 0 Å². The summed E-state index contributed by atoms with van der Waals surface area (Å²) in [5.74, 6) is -0.524. The molecule has 0 aliphatic heterocycles. The van der Waals surface area contributed by atoms with Crippen molar-refractivity contribution in [3.8, 4) is 0 Å². The number of halogens is 3. The number of hydrogen-bond acceptors (Lipinski definition) is 1. The highest BCUT2D eigenvalue weighted by Gasteiger charge is 2.39. The smallest absolute Gasteiger partial charge is 0.389 e. The molecule has 0 saturated heterocycles. The zero-order chi connectivity index (χ0) is 12.5. The van der Waals surface area contributed by atoms with Crippen LogP contribution in [0.5, 0.6) is 0 Å². The second-order valence-electron chi connectivity index (χ2n) is 5.54. The lowest BCUT2D eigenvalue weighted by molar-refractivity contribution is -0.156. The van der Waals surface area contributed by atoms with Gasteiger partial charge < -0.3 is 4.43 Å². The highest BCUT2D eigenvalue weighted by molar-refractivity contribution is 6.69. The van der Waals surface area contributed by atoms with Crippen LogP contribution in [0, 0.1) is 5.92 Å². The quantitative estimate of drug-likeness (QED) is 0.671. The minimum absolute atomic E-state index is 0.524. The Labute approximate surface area is 91.1 Å². The van der Waals surface area contributed by atoms with Gasteiger partial charge in [0.05, 0.1) is 5.60 Å². The van der Waals surface area contributed by atoms with Crippen molar-refractivity contribution in [2.24, 2.45) is 5.92 Å². The molecule has 15 heavy (non-hydrogen) atoms. The van der Waals surface area contributed by atoms with E-state index in [1.165, 1.54) is 0 Å². The Morgan fingerprint density at radius 3 is 1.80 bits per heavy atom. The van der Waals surface area contributed by atoms with Crippen LogP contribution in [0.3, 0.4) is 0 Å². The summed E-state index contributed by atoms with van der Waals surface area (Å²) < 4.78 is 42.4. The molecule has 0 saturated carbocycles. The largest absolute Gasteiger partial charge is 0.412 e. The fourth-order valence-electron chi connectivity index (χ4n) is 1.48. The van der Waals surface area contributed by atoms with Gasteiger partial charge in [-0.3, -0.25) is 0 Å². The molecule has 0 rings (SSSR count). The molecule has 0 N–H and O–H groups in total. The molecular formula is C10H21F3OSi. The summed E-state index contributed by atoms with van der Waals surface area (Å²) in [6, 6.07) is 0. The highest BCUT2D eigenvalue weighted by Crippen LogP contribution is 2.34. The lowest BCUT2D eigenvalue weighted by Crippen LogP contribution is -2.44. The summed E-state index contributed by atoms with van der Waals surface area (Å²) in [5.41, 5.74) is -0.708. The first-order valence-electron chi connectivity index (χ1n) is 5.10. The summed E-state index contributed by atoms with van der Waals surface area (Å²) >= 11 is 0. The van der Waals surface area contributed by atoms with Crippen molar-refractivity contribution >= 4 is 8.32 Å². The van der Waals surface area contributed by atoms with Crippen LogP contribution in [0.15, 0.2) is 0 Å². The molecule has 0 aromatic carbocycles. The molecule has 0 aliphatic rings. The molecule has 92 valence electrons. The monoisotopic (exact) mass is 242 g/mol. The van der Waals surface area contributed by atoms with Crippen molar-refractivity contribution in [2.45, 2.75) is 58.6 Å². The molecule has 0 fully saturated rings. The van der Waals surface area contributed by atoms with E-state index in [2.05, 4.69) is 0 Å². The first-order chi connectivity index (χ1) is 6.33. The molecule has 0 heterocycles. The molecule has 1 atom stereocenters. The van der Waals surface area contributed by atoms with E-state index in [1.54, 1.807) is 20.8 Å². The summed E-state index contributed by atoms with van der Waals surface area (Å²) in [7, 11) is -1.80. The number of rotatable bonds is 4. The van der Waals surface area contributed by atoms with Crippen LogP contribution in [0.1, 0.15) is 27.2 Å². The van der Waals surface area contributed by atoms with E-state index < -0.39 is 32.4 Å². The third kappa shape index (κ3) is 6.95. The van der Waals surface area contributed by atoms with Crippen LogP contribution in [0.25, 0.3) is 0 Å².